The number of fused-ring (bicyclic) bond motifs is 1. The minimum atomic E-state index is -0.404. The van der Waals surface area contributed by atoms with Crippen LogP contribution < -0.4 is 5.73 Å². The van der Waals surface area contributed by atoms with Gasteiger partial charge in [0.1, 0.15) is 5.65 Å². The Morgan fingerprint density at radius 2 is 1.96 bits per heavy atom. The monoisotopic (exact) mass is 363 g/mol. The van der Waals surface area contributed by atoms with Crippen molar-refractivity contribution in [2.24, 2.45) is 0 Å². The van der Waals surface area contributed by atoms with E-state index >= 15 is 0 Å². The predicted molar refractivity (Wildman–Crippen MR) is 107 cm³/mol. The zero-order chi connectivity index (χ0) is 19.4. The Kier molecular flexibility index (Phi) is 5.33. The molecule has 0 bridgehead atoms. The number of hydrogen-bond donors (Lipinski definition) is 1. The van der Waals surface area contributed by atoms with E-state index in [2.05, 4.69) is 18.1 Å². The third-order valence-corrected chi connectivity index (χ3v) is 4.22. The molecule has 2 heterocycles. The first-order valence-corrected chi connectivity index (χ1v) is 8.49. The number of nitrogen functional groups attached to an aromatic ring is 1. The second-order valence-electron chi connectivity index (χ2n) is 6.18. The summed E-state index contributed by atoms with van der Waals surface area (Å²) < 4.78 is 1.93. The van der Waals surface area contributed by atoms with Gasteiger partial charge in [0.05, 0.1) is 16.3 Å². The molecule has 0 aliphatic carbocycles. The van der Waals surface area contributed by atoms with Crippen LogP contribution in [0.5, 0.6) is 0 Å². The Hall–Kier alpha value is -3.45. The van der Waals surface area contributed by atoms with E-state index in [1.165, 1.54) is 6.07 Å². The van der Waals surface area contributed by atoms with Gasteiger partial charge < -0.3 is 10.1 Å². The minimum Gasteiger partial charge on any atom is -0.398 e. The lowest BCUT2D eigenvalue weighted by Crippen LogP contribution is -2.24. The lowest BCUT2D eigenvalue weighted by Gasteiger charge is -2.19. The van der Waals surface area contributed by atoms with E-state index < -0.39 is 4.92 Å². The molecule has 0 amide bonds. The third kappa shape index (κ3) is 3.88. The number of nitro groups is 1. The van der Waals surface area contributed by atoms with Gasteiger partial charge in [-0.1, -0.05) is 24.3 Å². The fourth-order valence-corrected chi connectivity index (χ4v) is 3.04. The number of rotatable bonds is 8. The van der Waals surface area contributed by atoms with Gasteiger partial charge in [-0.15, -0.1) is 13.2 Å². The summed E-state index contributed by atoms with van der Waals surface area (Å²) in [5.41, 5.74) is 9.64. The molecule has 3 aromatic rings. The van der Waals surface area contributed by atoms with Crippen LogP contribution in [0.3, 0.4) is 0 Å². The molecule has 0 aliphatic heterocycles. The van der Waals surface area contributed by atoms with E-state index in [0.29, 0.717) is 36.6 Å². The molecular formula is C20H21N5O2. The van der Waals surface area contributed by atoms with Crippen LogP contribution in [0.25, 0.3) is 16.9 Å². The molecule has 0 aliphatic rings. The first-order valence-electron chi connectivity index (χ1n) is 8.49. The molecule has 0 spiro atoms. The summed E-state index contributed by atoms with van der Waals surface area (Å²) in [5, 5.41) is 11.2. The largest absolute Gasteiger partial charge is 0.398 e. The van der Waals surface area contributed by atoms with Gasteiger partial charge in [0, 0.05) is 49.2 Å². The van der Waals surface area contributed by atoms with Crippen molar-refractivity contribution < 1.29 is 4.92 Å². The number of aromatic nitrogens is 2. The number of nitrogens with zero attached hydrogens (tertiary/aromatic N) is 4. The maximum absolute atomic E-state index is 11.2. The van der Waals surface area contributed by atoms with Crippen molar-refractivity contribution in [1.29, 1.82) is 0 Å². The number of imidazole rings is 1. The molecule has 138 valence electrons. The number of anilines is 1. The van der Waals surface area contributed by atoms with Crippen LogP contribution in [-0.2, 0) is 6.54 Å². The molecule has 27 heavy (non-hydrogen) atoms. The van der Waals surface area contributed by atoms with Gasteiger partial charge >= 0.3 is 0 Å². The highest BCUT2D eigenvalue weighted by atomic mass is 16.6. The average molecular weight is 363 g/mol. The Morgan fingerprint density at radius 3 is 2.63 bits per heavy atom. The summed E-state index contributed by atoms with van der Waals surface area (Å²) in [6.07, 6.45) is 5.47. The highest BCUT2D eigenvalue weighted by Crippen LogP contribution is 2.29. The van der Waals surface area contributed by atoms with Crippen LogP contribution in [0.2, 0.25) is 0 Å². The van der Waals surface area contributed by atoms with Crippen LogP contribution in [0.1, 0.15) is 5.69 Å². The van der Waals surface area contributed by atoms with Crippen molar-refractivity contribution in [1.82, 2.24) is 14.3 Å². The van der Waals surface area contributed by atoms with Gasteiger partial charge in [0.25, 0.3) is 5.69 Å². The summed E-state index contributed by atoms with van der Waals surface area (Å²) in [4.78, 5) is 17.6. The van der Waals surface area contributed by atoms with E-state index in [-0.39, 0.29) is 5.69 Å². The Morgan fingerprint density at radius 1 is 1.22 bits per heavy atom. The molecule has 0 saturated carbocycles. The Labute approximate surface area is 157 Å². The smallest absolute Gasteiger partial charge is 0.270 e. The number of non-ortho nitro benzene ring substituents is 1. The fourth-order valence-electron chi connectivity index (χ4n) is 3.04. The molecule has 0 atom stereocenters. The molecule has 0 saturated heterocycles. The van der Waals surface area contributed by atoms with E-state index in [1.807, 2.05) is 34.9 Å². The fraction of sp³-hybridized carbons (Fsp3) is 0.150. The summed E-state index contributed by atoms with van der Waals surface area (Å²) in [5.74, 6) is 0. The Balaban J connectivity index is 2.16. The van der Waals surface area contributed by atoms with Crippen LogP contribution in [0, 0.1) is 10.1 Å². The van der Waals surface area contributed by atoms with Gasteiger partial charge in [0.2, 0.25) is 0 Å². The van der Waals surface area contributed by atoms with Crippen molar-refractivity contribution >= 4 is 17.0 Å². The number of pyridine rings is 1. The normalized spacial score (nSPS) is 11.0. The lowest BCUT2D eigenvalue weighted by atomic mass is 10.1. The van der Waals surface area contributed by atoms with Crippen molar-refractivity contribution in [3.63, 3.8) is 0 Å². The first kappa shape index (κ1) is 18.3. The van der Waals surface area contributed by atoms with Crippen LogP contribution >= 0.6 is 0 Å². The van der Waals surface area contributed by atoms with Crippen LogP contribution in [-0.4, -0.2) is 32.3 Å². The molecule has 0 radical (unpaired) electrons. The number of hydrogen-bond acceptors (Lipinski definition) is 5. The van der Waals surface area contributed by atoms with E-state index in [4.69, 9.17) is 10.7 Å². The second-order valence-corrected chi connectivity index (χ2v) is 6.18. The van der Waals surface area contributed by atoms with Gasteiger partial charge in [0.15, 0.2) is 0 Å². The Bertz CT molecular complexity index is 999. The molecular weight excluding hydrogens is 342 g/mol. The topological polar surface area (TPSA) is 89.7 Å². The lowest BCUT2D eigenvalue weighted by molar-refractivity contribution is -0.384. The van der Waals surface area contributed by atoms with Crippen molar-refractivity contribution in [3.8, 4) is 11.3 Å². The zero-order valence-electron chi connectivity index (χ0n) is 14.9. The van der Waals surface area contributed by atoms with E-state index in [1.54, 1.807) is 18.2 Å². The van der Waals surface area contributed by atoms with Crippen molar-refractivity contribution in [2.45, 2.75) is 6.54 Å². The molecule has 7 nitrogen and oxygen atoms in total. The molecule has 0 unspecified atom stereocenters. The van der Waals surface area contributed by atoms with Crippen LogP contribution in [0.4, 0.5) is 11.4 Å². The quantitative estimate of drug-likeness (QED) is 0.375. The summed E-state index contributed by atoms with van der Waals surface area (Å²) in [7, 11) is 0. The zero-order valence-corrected chi connectivity index (χ0v) is 14.9. The summed E-state index contributed by atoms with van der Waals surface area (Å²) >= 11 is 0. The van der Waals surface area contributed by atoms with Crippen molar-refractivity contribution in [2.75, 3.05) is 18.8 Å². The molecule has 2 N–H and O–H groups in total. The maximum Gasteiger partial charge on any atom is 0.270 e. The van der Waals surface area contributed by atoms with E-state index in [0.717, 1.165) is 11.3 Å². The van der Waals surface area contributed by atoms with Gasteiger partial charge in [-0.3, -0.25) is 15.0 Å². The van der Waals surface area contributed by atoms with Gasteiger partial charge in [-0.25, -0.2) is 4.98 Å². The number of benzene rings is 1. The SMILES string of the molecule is C=CCN(CC=C)Cc1c(-c2cccc([N+](=O)[O-])c2)nc2ccc(N)cn12. The predicted octanol–water partition coefficient (Wildman–Crippen LogP) is 3.67. The highest BCUT2D eigenvalue weighted by molar-refractivity contribution is 5.69. The molecule has 7 heteroatoms. The number of nitro benzene ring substituents is 1. The molecule has 2 aromatic heterocycles. The van der Waals surface area contributed by atoms with Crippen molar-refractivity contribution in [3.05, 3.63) is 83.7 Å². The summed E-state index contributed by atoms with van der Waals surface area (Å²) in [6.45, 7) is 9.54. The molecule has 0 fully saturated rings. The van der Waals surface area contributed by atoms with E-state index in [9.17, 15) is 10.1 Å². The maximum atomic E-state index is 11.2. The standard InChI is InChI=1S/C20H21N5O2/c1-3-10-23(11-4-2)14-18-20(15-6-5-7-17(12-15)25(26)27)22-19-9-8-16(21)13-24(18)19/h3-9,12-13H,1-2,10-11,14,21H2. The van der Waals surface area contributed by atoms with Gasteiger partial charge in [-0.05, 0) is 12.1 Å². The summed E-state index contributed by atoms with van der Waals surface area (Å²) in [6, 6.07) is 10.1. The highest BCUT2D eigenvalue weighted by Gasteiger charge is 2.18. The third-order valence-electron chi connectivity index (χ3n) is 4.22. The van der Waals surface area contributed by atoms with Crippen LogP contribution in [0.15, 0.2) is 67.9 Å². The molecule has 3 rings (SSSR count). The second kappa shape index (κ2) is 7.84. The first-order chi connectivity index (χ1) is 13.0. The number of nitrogens with two attached hydrogens (primary N) is 1. The van der Waals surface area contributed by atoms with Gasteiger partial charge in [-0.2, -0.15) is 0 Å². The molecule has 1 aromatic carbocycles. The minimum absolute atomic E-state index is 0.0315. The average Bonchev–Trinajstić information content (AvgIpc) is 3.00.